The number of hydrogen-bond donors (Lipinski definition) is 1. The van der Waals surface area contributed by atoms with Gasteiger partial charge in [-0.2, -0.15) is 0 Å². The highest BCUT2D eigenvalue weighted by molar-refractivity contribution is 7.89. The first-order valence-electron chi connectivity index (χ1n) is 10.0. The van der Waals surface area contributed by atoms with E-state index >= 15 is 0 Å². The van der Waals surface area contributed by atoms with E-state index in [1.807, 2.05) is 43.3 Å². The first-order chi connectivity index (χ1) is 13.6. The Labute approximate surface area is 174 Å². The summed E-state index contributed by atoms with van der Waals surface area (Å²) < 4.78 is 28.3. The first-order valence-corrected chi connectivity index (χ1v) is 11.5. The Morgan fingerprint density at radius 3 is 2.21 bits per heavy atom. The predicted molar refractivity (Wildman–Crippen MR) is 116 cm³/mol. The molecule has 0 unspecified atom stereocenters. The van der Waals surface area contributed by atoms with Crippen molar-refractivity contribution >= 4 is 15.9 Å². The van der Waals surface area contributed by atoms with Crippen molar-refractivity contribution in [3.8, 4) is 0 Å². The van der Waals surface area contributed by atoms with Gasteiger partial charge in [-0.15, -0.1) is 0 Å². The summed E-state index contributed by atoms with van der Waals surface area (Å²) in [5.41, 5.74) is 2.81. The van der Waals surface area contributed by atoms with Gasteiger partial charge < -0.3 is 4.90 Å². The van der Waals surface area contributed by atoms with Crippen molar-refractivity contribution in [1.82, 2.24) is 9.62 Å². The third kappa shape index (κ3) is 5.25. The molecule has 1 aliphatic rings. The number of nitrogens with one attached hydrogen (secondary N) is 1. The molecule has 3 rings (SSSR count). The van der Waals surface area contributed by atoms with Crippen LogP contribution in [0.1, 0.15) is 55.1 Å². The number of piperidine rings is 1. The highest BCUT2D eigenvalue weighted by Crippen LogP contribution is 2.24. The number of hydrogen-bond acceptors (Lipinski definition) is 3. The normalized spacial score (nSPS) is 16.1. The highest BCUT2D eigenvalue weighted by atomic mass is 32.2. The lowest BCUT2D eigenvalue weighted by Gasteiger charge is -2.32. The third-order valence-electron chi connectivity index (χ3n) is 5.40. The second kappa shape index (κ2) is 8.28. The summed E-state index contributed by atoms with van der Waals surface area (Å²) in [5.74, 6) is 0.00720. The standard InChI is InChI=1S/C23H30N2O3S/c1-17-6-5-7-18(16-17)22(26)25-14-12-20(13-15-25)24-29(27,28)21-10-8-19(9-11-21)23(2,3)4/h5-11,16,20,24H,12-15H2,1-4H3. The van der Waals surface area contributed by atoms with Crippen molar-refractivity contribution in [2.45, 2.75) is 56.9 Å². The van der Waals surface area contributed by atoms with Crippen LogP contribution in [0, 0.1) is 6.92 Å². The van der Waals surface area contributed by atoms with Crippen LogP contribution in [-0.4, -0.2) is 38.4 Å². The molecule has 156 valence electrons. The molecule has 1 N–H and O–H groups in total. The van der Waals surface area contributed by atoms with E-state index in [2.05, 4.69) is 25.5 Å². The second-order valence-corrected chi connectivity index (χ2v) is 10.5. The predicted octanol–water partition coefficient (Wildman–Crippen LogP) is 3.88. The minimum absolute atomic E-state index is 0.00720. The summed E-state index contributed by atoms with van der Waals surface area (Å²) in [7, 11) is -3.57. The second-order valence-electron chi connectivity index (χ2n) is 8.83. The number of rotatable bonds is 4. The van der Waals surface area contributed by atoms with Crippen molar-refractivity contribution in [3.63, 3.8) is 0 Å². The summed E-state index contributed by atoms with van der Waals surface area (Å²) in [6.45, 7) is 9.35. The monoisotopic (exact) mass is 414 g/mol. The fourth-order valence-electron chi connectivity index (χ4n) is 3.58. The lowest BCUT2D eigenvalue weighted by molar-refractivity contribution is 0.0711. The van der Waals surface area contributed by atoms with Crippen LogP contribution in [0.25, 0.3) is 0 Å². The van der Waals surface area contributed by atoms with E-state index in [4.69, 9.17) is 0 Å². The van der Waals surface area contributed by atoms with Gasteiger partial charge in [0.2, 0.25) is 10.0 Å². The Bertz CT molecular complexity index is 968. The van der Waals surface area contributed by atoms with E-state index in [0.717, 1.165) is 11.1 Å². The number of likely N-dealkylation sites (tertiary alicyclic amines) is 1. The molecule has 0 atom stereocenters. The van der Waals surface area contributed by atoms with E-state index in [0.29, 0.717) is 31.5 Å². The van der Waals surface area contributed by atoms with Crippen LogP contribution in [0.4, 0.5) is 0 Å². The lowest BCUT2D eigenvalue weighted by atomic mass is 9.87. The Morgan fingerprint density at radius 1 is 1.03 bits per heavy atom. The van der Waals surface area contributed by atoms with E-state index < -0.39 is 10.0 Å². The topological polar surface area (TPSA) is 66.5 Å². The number of carbonyl (C=O) groups excluding carboxylic acids is 1. The number of amides is 1. The number of nitrogens with zero attached hydrogens (tertiary/aromatic N) is 1. The van der Waals surface area contributed by atoms with Gasteiger partial charge in [-0.1, -0.05) is 50.6 Å². The van der Waals surface area contributed by atoms with Gasteiger partial charge in [0, 0.05) is 24.7 Å². The van der Waals surface area contributed by atoms with Crippen molar-refractivity contribution in [2.75, 3.05) is 13.1 Å². The molecule has 2 aromatic rings. The maximum Gasteiger partial charge on any atom is 0.253 e. The first kappa shape index (κ1) is 21.5. The zero-order valence-corrected chi connectivity index (χ0v) is 18.4. The lowest BCUT2D eigenvalue weighted by Crippen LogP contribution is -2.46. The van der Waals surface area contributed by atoms with Crippen LogP contribution < -0.4 is 4.72 Å². The molecule has 1 fully saturated rings. The van der Waals surface area contributed by atoms with Crippen LogP contribution in [0.15, 0.2) is 53.4 Å². The molecule has 2 aromatic carbocycles. The molecular weight excluding hydrogens is 384 g/mol. The Hall–Kier alpha value is -2.18. The van der Waals surface area contributed by atoms with E-state index in [9.17, 15) is 13.2 Å². The average Bonchev–Trinajstić information content (AvgIpc) is 2.67. The van der Waals surface area contributed by atoms with Crippen LogP contribution >= 0.6 is 0 Å². The summed E-state index contributed by atoms with van der Waals surface area (Å²) in [6.07, 6.45) is 1.22. The molecule has 1 amide bonds. The fraction of sp³-hybridized carbons (Fsp3) is 0.435. The zero-order chi connectivity index (χ0) is 21.2. The third-order valence-corrected chi connectivity index (χ3v) is 6.94. The van der Waals surface area contributed by atoms with Gasteiger partial charge in [-0.05, 0) is 55.0 Å². The van der Waals surface area contributed by atoms with Gasteiger partial charge in [0.25, 0.3) is 5.91 Å². The molecule has 1 heterocycles. The van der Waals surface area contributed by atoms with Gasteiger partial charge in [-0.3, -0.25) is 4.79 Å². The Balaban J connectivity index is 1.60. The van der Waals surface area contributed by atoms with Crippen LogP contribution in [0.5, 0.6) is 0 Å². The molecule has 0 radical (unpaired) electrons. The maximum atomic E-state index is 12.7. The maximum absolute atomic E-state index is 12.7. The summed E-state index contributed by atoms with van der Waals surface area (Å²) >= 11 is 0. The molecule has 29 heavy (non-hydrogen) atoms. The zero-order valence-electron chi connectivity index (χ0n) is 17.6. The van der Waals surface area contributed by atoms with Gasteiger partial charge >= 0.3 is 0 Å². The average molecular weight is 415 g/mol. The fourth-order valence-corrected chi connectivity index (χ4v) is 4.89. The SMILES string of the molecule is Cc1cccc(C(=O)N2CCC(NS(=O)(=O)c3ccc(C(C)(C)C)cc3)CC2)c1. The number of benzene rings is 2. The summed E-state index contributed by atoms with van der Waals surface area (Å²) in [6, 6.07) is 14.5. The van der Waals surface area contributed by atoms with Gasteiger partial charge in [-0.25, -0.2) is 13.1 Å². The molecule has 1 aliphatic heterocycles. The van der Waals surface area contributed by atoms with Crippen molar-refractivity contribution < 1.29 is 13.2 Å². The number of carbonyl (C=O) groups is 1. The van der Waals surface area contributed by atoms with Crippen LogP contribution in [0.2, 0.25) is 0 Å². The van der Waals surface area contributed by atoms with Crippen LogP contribution in [0.3, 0.4) is 0 Å². The van der Waals surface area contributed by atoms with Gasteiger partial charge in [0.15, 0.2) is 0 Å². The Kier molecular flexibility index (Phi) is 6.15. The van der Waals surface area contributed by atoms with E-state index in [1.54, 1.807) is 17.0 Å². The molecule has 5 nitrogen and oxygen atoms in total. The smallest absolute Gasteiger partial charge is 0.253 e. The number of sulfonamides is 1. The molecule has 0 aliphatic carbocycles. The molecule has 0 bridgehead atoms. The largest absolute Gasteiger partial charge is 0.339 e. The highest BCUT2D eigenvalue weighted by Gasteiger charge is 2.27. The van der Waals surface area contributed by atoms with Gasteiger partial charge in [0.05, 0.1) is 4.90 Å². The molecule has 0 aromatic heterocycles. The van der Waals surface area contributed by atoms with Crippen molar-refractivity contribution in [3.05, 3.63) is 65.2 Å². The Morgan fingerprint density at radius 2 is 1.66 bits per heavy atom. The number of aryl methyl sites for hydroxylation is 1. The molecule has 0 spiro atoms. The van der Waals surface area contributed by atoms with Crippen LogP contribution in [-0.2, 0) is 15.4 Å². The van der Waals surface area contributed by atoms with Gasteiger partial charge in [0.1, 0.15) is 0 Å². The van der Waals surface area contributed by atoms with E-state index in [1.165, 1.54) is 0 Å². The van der Waals surface area contributed by atoms with Crippen molar-refractivity contribution in [1.29, 1.82) is 0 Å². The van der Waals surface area contributed by atoms with Crippen molar-refractivity contribution in [2.24, 2.45) is 0 Å². The summed E-state index contributed by atoms with van der Waals surface area (Å²) in [4.78, 5) is 14.8. The van der Waals surface area contributed by atoms with E-state index in [-0.39, 0.29) is 22.3 Å². The minimum atomic E-state index is -3.57. The minimum Gasteiger partial charge on any atom is -0.339 e. The molecule has 1 saturated heterocycles. The molecular formula is C23H30N2O3S. The summed E-state index contributed by atoms with van der Waals surface area (Å²) in [5, 5.41) is 0. The molecule has 6 heteroatoms. The quantitative estimate of drug-likeness (QED) is 0.826. The molecule has 0 saturated carbocycles.